The van der Waals surface area contributed by atoms with Crippen LogP contribution in [0.1, 0.15) is 20.3 Å². The Labute approximate surface area is 78.5 Å². The summed E-state index contributed by atoms with van der Waals surface area (Å²) in [6.07, 6.45) is 1.20. The van der Waals surface area contributed by atoms with Crippen molar-refractivity contribution in [2.75, 3.05) is 13.2 Å². The van der Waals surface area contributed by atoms with Crippen molar-refractivity contribution in [2.24, 2.45) is 5.92 Å². The second kappa shape index (κ2) is 5.76. The Kier molecular flexibility index (Phi) is 5.84. The third kappa shape index (κ3) is 10.2. The first-order valence-electron chi connectivity index (χ1n) is 4.99. The molecule has 12 heavy (non-hydrogen) atoms. The van der Waals surface area contributed by atoms with E-state index >= 15 is 0 Å². The summed E-state index contributed by atoms with van der Waals surface area (Å²) in [5.41, 5.74) is 0. The first-order valence-corrected chi connectivity index (χ1v) is 8.70. The largest absolute Gasteiger partial charge is 0.382 e. The monoisotopic (exact) mass is 188 g/mol. The molecule has 0 fully saturated rings. The van der Waals surface area contributed by atoms with Crippen molar-refractivity contribution in [1.82, 2.24) is 0 Å². The molecule has 0 unspecified atom stereocenters. The third-order valence-corrected chi connectivity index (χ3v) is 3.54. The van der Waals surface area contributed by atoms with Crippen LogP contribution in [0.15, 0.2) is 0 Å². The minimum atomic E-state index is -0.859. The lowest BCUT2D eigenvalue weighted by molar-refractivity contribution is 0.135. The van der Waals surface area contributed by atoms with Crippen LogP contribution in [-0.2, 0) is 4.74 Å². The molecule has 0 aliphatic rings. The second-order valence-electron chi connectivity index (χ2n) is 5.11. The Morgan fingerprint density at radius 1 is 1.08 bits per heavy atom. The number of ether oxygens (including phenoxy) is 1. The number of hydrogen-bond acceptors (Lipinski definition) is 1. The molecule has 0 N–H and O–H groups in total. The van der Waals surface area contributed by atoms with Crippen molar-refractivity contribution in [3.05, 3.63) is 0 Å². The first-order chi connectivity index (χ1) is 5.42. The minimum Gasteiger partial charge on any atom is -0.382 e. The van der Waals surface area contributed by atoms with E-state index in [-0.39, 0.29) is 0 Å². The molecule has 0 radical (unpaired) electrons. The van der Waals surface area contributed by atoms with Gasteiger partial charge < -0.3 is 4.74 Å². The fraction of sp³-hybridized carbons (Fsp3) is 1.00. The normalized spacial score (nSPS) is 12.5. The van der Waals surface area contributed by atoms with Crippen LogP contribution in [0, 0.1) is 5.92 Å². The molecule has 74 valence electrons. The number of hydrogen-bond donors (Lipinski definition) is 0. The van der Waals surface area contributed by atoms with Crippen molar-refractivity contribution in [1.29, 1.82) is 0 Å². The smallest absolute Gasteiger partial charge is 0.0468 e. The molecule has 0 amide bonds. The quantitative estimate of drug-likeness (QED) is 0.458. The first kappa shape index (κ1) is 12.2. The van der Waals surface area contributed by atoms with Crippen LogP contribution in [0.25, 0.3) is 0 Å². The Balaban J connectivity index is 3.12. The summed E-state index contributed by atoms with van der Waals surface area (Å²) in [6, 6.07) is 1.30. The summed E-state index contributed by atoms with van der Waals surface area (Å²) >= 11 is 0. The van der Waals surface area contributed by atoms with Crippen LogP contribution in [0.3, 0.4) is 0 Å². The van der Waals surface area contributed by atoms with E-state index < -0.39 is 8.07 Å². The van der Waals surface area contributed by atoms with Crippen molar-refractivity contribution in [3.63, 3.8) is 0 Å². The molecule has 1 nitrogen and oxygen atoms in total. The average Bonchev–Trinajstić information content (AvgIpc) is 1.83. The Bertz CT molecular complexity index is 105. The maximum absolute atomic E-state index is 5.56. The van der Waals surface area contributed by atoms with Gasteiger partial charge >= 0.3 is 0 Å². The molecule has 0 heterocycles. The fourth-order valence-electron chi connectivity index (χ4n) is 0.799. The van der Waals surface area contributed by atoms with Crippen molar-refractivity contribution in [3.8, 4) is 0 Å². The molecular formula is C10H24OSi. The molecule has 0 aliphatic heterocycles. The van der Waals surface area contributed by atoms with Gasteiger partial charge in [0.2, 0.25) is 0 Å². The van der Waals surface area contributed by atoms with Crippen LogP contribution in [-0.4, -0.2) is 21.3 Å². The topological polar surface area (TPSA) is 9.23 Å². The van der Waals surface area contributed by atoms with Gasteiger partial charge in [0.05, 0.1) is 0 Å². The van der Waals surface area contributed by atoms with E-state index in [9.17, 15) is 0 Å². The maximum atomic E-state index is 5.56. The van der Waals surface area contributed by atoms with Crippen molar-refractivity contribution < 1.29 is 4.74 Å². The summed E-state index contributed by atoms with van der Waals surface area (Å²) in [4.78, 5) is 0. The van der Waals surface area contributed by atoms with Gasteiger partial charge in [-0.1, -0.05) is 33.5 Å². The SMILES string of the molecule is CC(C)CCOCC[Si](C)(C)C. The lowest BCUT2D eigenvalue weighted by atomic mass is 10.1. The third-order valence-electron chi connectivity index (χ3n) is 1.84. The molecule has 0 spiro atoms. The molecule has 0 saturated carbocycles. The van der Waals surface area contributed by atoms with Crippen molar-refractivity contribution >= 4 is 8.07 Å². The predicted molar refractivity (Wildman–Crippen MR) is 58.4 cm³/mol. The van der Waals surface area contributed by atoms with E-state index in [1.807, 2.05) is 0 Å². The molecule has 0 aromatic heterocycles. The number of rotatable bonds is 6. The zero-order valence-electron chi connectivity index (χ0n) is 9.31. The molecule has 2 heteroatoms. The molecule has 0 atom stereocenters. The molecule has 0 aliphatic carbocycles. The zero-order chi connectivity index (χ0) is 9.61. The van der Waals surface area contributed by atoms with Gasteiger partial charge in [-0.15, -0.1) is 0 Å². The zero-order valence-corrected chi connectivity index (χ0v) is 10.3. The van der Waals surface area contributed by atoms with E-state index in [4.69, 9.17) is 4.74 Å². The Morgan fingerprint density at radius 3 is 2.08 bits per heavy atom. The highest BCUT2D eigenvalue weighted by atomic mass is 28.3. The Morgan fingerprint density at radius 2 is 1.67 bits per heavy atom. The average molecular weight is 188 g/mol. The van der Waals surface area contributed by atoms with E-state index in [0.717, 1.165) is 19.1 Å². The van der Waals surface area contributed by atoms with E-state index in [2.05, 4.69) is 33.5 Å². The van der Waals surface area contributed by atoms with Crippen LogP contribution in [0.4, 0.5) is 0 Å². The summed E-state index contributed by atoms with van der Waals surface area (Å²) in [7, 11) is -0.859. The van der Waals surface area contributed by atoms with E-state index in [1.54, 1.807) is 0 Å². The maximum Gasteiger partial charge on any atom is 0.0468 e. The van der Waals surface area contributed by atoms with Gasteiger partial charge in [-0.3, -0.25) is 0 Å². The second-order valence-corrected chi connectivity index (χ2v) is 10.7. The Hall–Kier alpha value is 0.177. The predicted octanol–water partition coefficient (Wildman–Crippen LogP) is 3.39. The molecule has 0 rings (SSSR count). The van der Waals surface area contributed by atoms with E-state index in [0.29, 0.717) is 0 Å². The van der Waals surface area contributed by atoms with Crippen LogP contribution >= 0.6 is 0 Å². The summed E-state index contributed by atoms with van der Waals surface area (Å²) in [5, 5.41) is 0. The van der Waals surface area contributed by atoms with Crippen LogP contribution < -0.4 is 0 Å². The van der Waals surface area contributed by atoms with Gasteiger partial charge in [0.15, 0.2) is 0 Å². The fourth-order valence-corrected chi connectivity index (χ4v) is 1.56. The molecule has 0 saturated heterocycles. The molecular weight excluding hydrogens is 164 g/mol. The summed E-state index contributed by atoms with van der Waals surface area (Å²) < 4.78 is 5.56. The van der Waals surface area contributed by atoms with Gasteiger partial charge in [0, 0.05) is 21.3 Å². The van der Waals surface area contributed by atoms with Gasteiger partial charge in [-0.25, -0.2) is 0 Å². The standard InChI is InChI=1S/C10H24OSi/c1-10(2)6-7-11-8-9-12(3,4)5/h10H,6-9H2,1-5H3. The molecule has 0 bridgehead atoms. The van der Waals surface area contributed by atoms with Crippen molar-refractivity contribution in [2.45, 2.75) is 46.0 Å². The summed E-state index contributed by atoms with van der Waals surface area (Å²) in [6.45, 7) is 13.6. The van der Waals surface area contributed by atoms with Gasteiger partial charge in [-0.2, -0.15) is 0 Å². The molecule has 0 aromatic carbocycles. The lowest BCUT2D eigenvalue weighted by Crippen LogP contribution is -2.21. The highest BCUT2D eigenvalue weighted by Gasteiger charge is 2.11. The van der Waals surface area contributed by atoms with Gasteiger partial charge in [0.1, 0.15) is 0 Å². The highest BCUT2D eigenvalue weighted by Crippen LogP contribution is 2.08. The summed E-state index contributed by atoms with van der Waals surface area (Å²) in [5.74, 6) is 0.775. The lowest BCUT2D eigenvalue weighted by Gasteiger charge is -2.15. The minimum absolute atomic E-state index is 0.775. The van der Waals surface area contributed by atoms with Crippen LogP contribution in [0.5, 0.6) is 0 Å². The van der Waals surface area contributed by atoms with Gasteiger partial charge in [0.25, 0.3) is 0 Å². The van der Waals surface area contributed by atoms with Crippen LogP contribution in [0.2, 0.25) is 25.7 Å². The van der Waals surface area contributed by atoms with E-state index in [1.165, 1.54) is 12.5 Å². The van der Waals surface area contributed by atoms with Gasteiger partial charge in [-0.05, 0) is 18.4 Å². The highest BCUT2D eigenvalue weighted by molar-refractivity contribution is 6.76. The molecule has 0 aromatic rings.